The van der Waals surface area contributed by atoms with E-state index in [-0.39, 0.29) is 37.5 Å². The smallest absolute Gasteiger partial charge is 0.274 e. The van der Waals surface area contributed by atoms with Crippen molar-refractivity contribution in [2.24, 2.45) is 0 Å². The zero-order chi connectivity index (χ0) is 24.9. The molecule has 0 radical (unpaired) electrons. The van der Waals surface area contributed by atoms with Crippen molar-refractivity contribution >= 4 is 23.2 Å². The Bertz CT molecular complexity index is 1300. The van der Waals surface area contributed by atoms with E-state index >= 15 is 0 Å². The third kappa shape index (κ3) is 4.16. The van der Waals surface area contributed by atoms with Crippen LogP contribution in [0.15, 0.2) is 30.6 Å². The highest BCUT2D eigenvalue weighted by Crippen LogP contribution is 2.32. The molecule has 3 aliphatic rings. The predicted molar refractivity (Wildman–Crippen MR) is 130 cm³/mol. The van der Waals surface area contributed by atoms with Crippen LogP contribution < -0.4 is 9.80 Å². The van der Waals surface area contributed by atoms with Crippen molar-refractivity contribution in [1.29, 1.82) is 0 Å². The fourth-order valence-electron chi connectivity index (χ4n) is 5.32. The van der Waals surface area contributed by atoms with E-state index in [2.05, 4.69) is 31.2 Å². The highest BCUT2D eigenvalue weighted by atomic mass is 19.3. The number of carbonyl (C=O) groups is 1. The van der Waals surface area contributed by atoms with Crippen LogP contribution in [-0.2, 0) is 19.5 Å². The first-order chi connectivity index (χ1) is 17.4. The Morgan fingerprint density at radius 3 is 2.69 bits per heavy atom. The van der Waals surface area contributed by atoms with Crippen LogP contribution in [0.3, 0.4) is 0 Å². The molecular weight excluding hydrogens is 466 g/mol. The lowest BCUT2D eigenvalue weighted by Gasteiger charge is -2.33. The number of amides is 1. The van der Waals surface area contributed by atoms with Gasteiger partial charge in [0.2, 0.25) is 0 Å². The standard InChI is InChI=1S/C25H28F2N8O/c1-17-13-21(24(36)32-11-5-25(26,27)6-12-32)30-31-23(17)33-10-4-20-18(16-33)14-19(15-28-20)34-8-2-9-35-22(34)3-7-29-35/h3,7,13-15H,2,4-6,8-12,16H2,1H3. The number of halogens is 2. The molecule has 0 aliphatic carbocycles. The first kappa shape index (κ1) is 22.8. The number of alkyl halides is 2. The summed E-state index contributed by atoms with van der Waals surface area (Å²) in [6, 6.07) is 5.95. The zero-order valence-electron chi connectivity index (χ0n) is 20.2. The Hall–Kier alpha value is -3.63. The fourth-order valence-corrected chi connectivity index (χ4v) is 5.32. The lowest BCUT2D eigenvalue weighted by Crippen LogP contribution is -2.43. The zero-order valence-corrected chi connectivity index (χ0v) is 20.2. The second-order valence-corrected chi connectivity index (χ2v) is 9.77. The number of anilines is 3. The maximum Gasteiger partial charge on any atom is 0.274 e. The third-order valence-corrected chi connectivity index (χ3v) is 7.32. The molecule has 0 aromatic carbocycles. The average molecular weight is 495 g/mol. The van der Waals surface area contributed by atoms with E-state index in [0.717, 1.165) is 66.6 Å². The van der Waals surface area contributed by atoms with Gasteiger partial charge in [0, 0.05) is 70.3 Å². The van der Waals surface area contributed by atoms with Crippen LogP contribution in [0.25, 0.3) is 0 Å². The monoisotopic (exact) mass is 494 g/mol. The summed E-state index contributed by atoms with van der Waals surface area (Å²) in [7, 11) is 0. The Labute approximate surface area is 207 Å². The third-order valence-electron chi connectivity index (χ3n) is 7.32. The molecule has 0 bridgehead atoms. The first-order valence-corrected chi connectivity index (χ1v) is 12.4. The Morgan fingerprint density at radius 1 is 1.06 bits per heavy atom. The van der Waals surface area contributed by atoms with E-state index in [9.17, 15) is 13.6 Å². The van der Waals surface area contributed by atoms with Gasteiger partial charge in [0.15, 0.2) is 11.5 Å². The highest BCUT2D eigenvalue weighted by molar-refractivity contribution is 5.92. The van der Waals surface area contributed by atoms with Crippen LogP contribution in [0.4, 0.5) is 26.1 Å². The van der Waals surface area contributed by atoms with Crippen molar-refractivity contribution in [3.63, 3.8) is 0 Å². The van der Waals surface area contributed by atoms with Crippen molar-refractivity contribution in [1.82, 2.24) is 29.9 Å². The number of pyridine rings is 1. The quantitative estimate of drug-likeness (QED) is 0.552. The number of hydrogen-bond acceptors (Lipinski definition) is 7. The molecule has 11 heteroatoms. The van der Waals surface area contributed by atoms with Gasteiger partial charge < -0.3 is 14.7 Å². The number of aryl methyl sites for hydroxylation is 2. The van der Waals surface area contributed by atoms with Gasteiger partial charge in [-0.05, 0) is 36.6 Å². The van der Waals surface area contributed by atoms with Crippen LogP contribution in [0.2, 0.25) is 0 Å². The molecule has 6 rings (SSSR count). The molecule has 0 spiro atoms. The number of rotatable bonds is 3. The highest BCUT2D eigenvalue weighted by Gasteiger charge is 2.36. The van der Waals surface area contributed by atoms with Gasteiger partial charge in [-0.3, -0.25) is 9.78 Å². The van der Waals surface area contributed by atoms with Crippen molar-refractivity contribution in [3.05, 3.63) is 53.1 Å². The molecule has 0 N–H and O–H groups in total. The summed E-state index contributed by atoms with van der Waals surface area (Å²) in [4.78, 5) is 23.4. The molecule has 9 nitrogen and oxygen atoms in total. The molecule has 1 fully saturated rings. The maximum absolute atomic E-state index is 13.5. The molecular formula is C25H28F2N8O. The molecule has 3 aromatic heterocycles. The van der Waals surface area contributed by atoms with E-state index < -0.39 is 5.92 Å². The second-order valence-electron chi connectivity index (χ2n) is 9.77. The fraction of sp³-hybridized carbons (Fsp3) is 0.480. The average Bonchev–Trinajstić information content (AvgIpc) is 3.37. The summed E-state index contributed by atoms with van der Waals surface area (Å²) in [6.45, 7) is 5.21. The summed E-state index contributed by atoms with van der Waals surface area (Å²) in [5.74, 6) is -1.23. The van der Waals surface area contributed by atoms with Gasteiger partial charge in [-0.1, -0.05) is 0 Å². The van der Waals surface area contributed by atoms with Crippen LogP contribution >= 0.6 is 0 Å². The SMILES string of the molecule is Cc1cc(C(=O)N2CCC(F)(F)CC2)nnc1N1CCc2ncc(N3CCCn4nccc43)cc2C1. The van der Waals surface area contributed by atoms with E-state index in [4.69, 9.17) is 4.98 Å². The molecule has 3 aromatic rings. The van der Waals surface area contributed by atoms with Gasteiger partial charge in [-0.15, -0.1) is 10.2 Å². The number of hydrogen-bond donors (Lipinski definition) is 0. The molecule has 36 heavy (non-hydrogen) atoms. The van der Waals surface area contributed by atoms with Crippen molar-refractivity contribution in [2.45, 2.75) is 51.6 Å². The number of carbonyl (C=O) groups excluding carboxylic acids is 1. The van der Waals surface area contributed by atoms with Gasteiger partial charge in [-0.25, -0.2) is 13.5 Å². The van der Waals surface area contributed by atoms with Crippen LogP contribution in [0, 0.1) is 6.92 Å². The molecule has 1 amide bonds. The Kier molecular flexibility index (Phi) is 5.57. The van der Waals surface area contributed by atoms with E-state index in [0.29, 0.717) is 6.54 Å². The molecule has 0 atom stereocenters. The second kappa shape index (κ2) is 8.79. The summed E-state index contributed by atoms with van der Waals surface area (Å²) in [6.07, 6.45) is 4.96. The molecule has 0 saturated carbocycles. The number of likely N-dealkylation sites (tertiary alicyclic amines) is 1. The summed E-state index contributed by atoms with van der Waals surface area (Å²) in [5.41, 5.74) is 4.31. The molecule has 188 valence electrons. The van der Waals surface area contributed by atoms with Crippen LogP contribution in [-0.4, -0.2) is 67.9 Å². The molecule has 3 aliphatic heterocycles. The lowest BCUT2D eigenvalue weighted by molar-refractivity contribution is -0.0495. The predicted octanol–water partition coefficient (Wildman–Crippen LogP) is 3.35. The van der Waals surface area contributed by atoms with Gasteiger partial charge in [0.1, 0.15) is 5.82 Å². The minimum atomic E-state index is -2.70. The van der Waals surface area contributed by atoms with E-state index in [1.165, 1.54) is 4.90 Å². The van der Waals surface area contributed by atoms with Gasteiger partial charge in [-0.2, -0.15) is 5.10 Å². The van der Waals surface area contributed by atoms with Gasteiger partial charge in [0.05, 0.1) is 18.1 Å². The number of fused-ring (bicyclic) bond motifs is 2. The summed E-state index contributed by atoms with van der Waals surface area (Å²) >= 11 is 0. The Morgan fingerprint density at radius 2 is 1.89 bits per heavy atom. The normalized spacial score (nSPS) is 19.1. The molecule has 0 unspecified atom stereocenters. The molecule has 6 heterocycles. The summed E-state index contributed by atoms with van der Waals surface area (Å²) < 4.78 is 29.0. The number of piperidine rings is 1. The van der Waals surface area contributed by atoms with Gasteiger partial charge in [0.25, 0.3) is 11.8 Å². The minimum absolute atomic E-state index is 0.0321. The van der Waals surface area contributed by atoms with E-state index in [1.807, 2.05) is 30.1 Å². The van der Waals surface area contributed by atoms with Gasteiger partial charge >= 0.3 is 0 Å². The number of nitrogens with zero attached hydrogens (tertiary/aromatic N) is 8. The van der Waals surface area contributed by atoms with Crippen LogP contribution in [0.5, 0.6) is 0 Å². The minimum Gasteiger partial charge on any atom is -0.350 e. The van der Waals surface area contributed by atoms with Crippen LogP contribution in [0.1, 0.15) is 46.6 Å². The maximum atomic E-state index is 13.5. The first-order valence-electron chi connectivity index (χ1n) is 12.4. The summed E-state index contributed by atoms with van der Waals surface area (Å²) in [5, 5.41) is 13.0. The van der Waals surface area contributed by atoms with Crippen molar-refractivity contribution < 1.29 is 13.6 Å². The topological polar surface area (TPSA) is 83.3 Å². The van der Waals surface area contributed by atoms with E-state index in [1.54, 1.807) is 6.07 Å². The van der Waals surface area contributed by atoms with Crippen molar-refractivity contribution in [3.8, 4) is 0 Å². The number of aromatic nitrogens is 5. The Balaban J connectivity index is 1.20. The largest absolute Gasteiger partial charge is 0.350 e. The van der Waals surface area contributed by atoms with Crippen molar-refractivity contribution in [2.75, 3.05) is 36.0 Å². The lowest BCUT2D eigenvalue weighted by atomic mass is 10.0. The molecule has 1 saturated heterocycles.